The van der Waals surface area contributed by atoms with E-state index in [4.69, 9.17) is 0 Å². The average Bonchev–Trinajstić information content (AvgIpc) is 2.83. The highest BCUT2D eigenvalue weighted by atomic mass is 16.3. The van der Waals surface area contributed by atoms with Gasteiger partial charge in [-0.25, -0.2) is 0 Å². The van der Waals surface area contributed by atoms with E-state index in [9.17, 15) is 19.8 Å². The Morgan fingerprint density at radius 2 is 1.47 bits per heavy atom. The molecule has 94 valence electrons. The number of likely N-dealkylation sites (tertiary alicyclic amines) is 1. The lowest BCUT2D eigenvalue weighted by molar-refractivity contribution is -0.142. The molecule has 2 amide bonds. The van der Waals surface area contributed by atoms with Crippen LogP contribution >= 0.6 is 0 Å². The van der Waals surface area contributed by atoms with E-state index in [1.165, 1.54) is 4.90 Å². The number of aliphatic hydroxyl groups is 2. The van der Waals surface area contributed by atoms with Gasteiger partial charge in [0.15, 0.2) is 0 Å². The van der Waals surface area contributed by atoms with Gasteiger partial charge in [0, 0.05) is 17.9 Å². The van der Waals surface area contributed by atoms with Gasteiger partial charge < -0.3 is 10.2 Å². The quantitative estimate of drug-likeness (QED) is 0.597. The Bertz CT molecular complexity index is 362. The Morgan fingerprint density at radius 1 is 1.06 bits per heavy atom. The van der Waals surface area contributed by atoms with Crippen molar-refractivity contribution in [3.63, 3.8) is 0 Å². The van der Waals surface area contributed by atoms with Crippen molar-refractivity contribution in [3.8, 4) is 0 Å². The molecule has 2 saturated carbocycles. The van der Waals surface area contributed by atoms with Gasteiger partial charge in [0.1, 0.15) is 0 Å². The molecule has 6 atom stereocenters. The van der Waals surface area contributed by atoms with Crippen LogP contribution in [0.25, 0.3) is 0 Å². The normalized spacial score (nSPS) is 48.4. The van der Waals surface area contributed by atoms with Gasteiger partial charge >= 0.3 is 0 Å². The molecule has 0 aromatic rings. The molecule has 1 aliphatic heterocycles. The van der Waals surface area contributed by atoms with Gasteiger partial charge in [0.25, 0.3) is 0 Å². The Morgan fingerprint density at radius 3 is 1.82 bits per heavy atom. The molecule has 0 spiro atoms. The van der Waals surface area contributed by atoms with Crippen LogP contribution in [0, 0.1) is 23.7 Å². The fourth-order valence-corrected chi connectivity index (χ4v) is 3.96. The van der Waals surface area contributed by atoms with Gasteiger partial charge in [-0.3, -0.25) is 14.5 Å². The van der Waals surface area contributed by atoms with Crippen LogP contribution in [0.4, 0.5) is 0 Å². The number of rotatable bonds is 1. The maximum atomic E-state index is 12.2. The third kappa shape index (κ3) is 1.16. The molecule has 3 fully saturated rings. The lowest BCUT2D eigenvalue weighted by atomic mass is 9.78. The second-order valence-corrected chi connectivity index (χ2v) is 5.74. The maximum Gasteiger partial charge on any atom is 0.233 e. The fourth-order valence-electron chi connectivity index (χ4n) is 3.96. The van der Waals surface area contributed by atoms with Crippen LogP contribution in [0.1, 0.15) is 20.3 Å². The highest BCUT2D eigenvalue weighted by Gasteiger charge is 2.67. The minimum atomic E-state index is -0.842. The van der Waals surface area contributed by atoms with E-state index >= 15 is 0 Å². The summed E-state index contributed by atoms with van der Waals surface area (Å²) in [6, 6.07) is -0.144. The van der Waals surface area contributed by atoms with Crippen molar-refractivity contribution in [2.75, 3.05) is 0 Å². The maximum absolute atomic E-state index is 12.2. The lowest BCUT2D eigenvalue weighted by Gasteiger charge is -2.29. The molecule has 2 aliphatic carbocycles. The van der Waals surface area contributed by atoms with Gasteiger partial charge in [-0.15, -0.1) is 0 Å². The van der Waals surface area contributed by atoms with Gasteiger partial charge in [-0.1, -0.05) is 0 Å². The highest BCUT2D eigenvalue weighted by Crippen LogP contribution is 2.56. The topological polar surface area (TPSA) is 77.8 Å². The summed E-state index contributed by atoms with van der Waals surface area (Å²) < 4.78 is 0. The van der Waals surface area contributed by atoms with Crippen molar-refractivity contribution < 1.29 is 19.8 Å². The van der Waals surface area contributed by atoms with Crippen LogP contribution in [0.3, 0.4) is 0 Å². The second kappa shape index (κ2) is 3.29. The van der Waals surface area contributed by atoms with Crippen molar-refractivity contribution in [2.45, 2.75) is 38.5 Å². The standard InChI is InChI=1S/C12H17NO4/c1-4(2)13-11(16)7-5-3-6(8(7)12(13)17)10(15)9(5)14/h4-10,14-15H,3H2,1-2H3. The summed E-state index contributed by atoms with van der Waals surface area (Å²) in [6.07, 6.45) is -1.09. The molecule has 1 heterocycles. The monoisotopic (exact) mass is 239 g/mol. The number of carbonyl (C=O) groups is 2. The molecular weight excluding hydrogens is 222 g/mol. The van der Waals surface area contributed by atoms with Gasteiger partial charge in [0.2, 0.25) is 11.8 Å². The summed E-state index contributed by atoms with van der Waals surface area (Å²) in [7, 11) is 0. The van der Waals surface area contributed by atoms with E-state index in [0.717, 1.165) is 0 Å². The Kier molecular flexibility index (Phi) is 2.16. The summed E-state index contributed by atoms with van der Waals surface area (Å²) in [4.78, 5) is 25.7. The molecule has 2 bridgehead atoms. The summed E-state index contributed by atoms with van der Waals surface area (Å²) in [5, 5.41) is 19.7. The predicted octanol–water partition coefficient (Wildman–Crippen LogP) is -0.633. The number of hydrogen-bond acceptors (Lipinski definition) is 4. The van der Waals surface area contributed by atoms with Crippen LogP contribution in [0.5, 0.6) is 0 Å². The van der Waals surface area contributed by atoms with Crippen LogP contribution < -0.4 is 0 Å². The van der Waals surface area contributed by atoms with Crippen LogP contribution in [-0.2, 0) is 9.59 Å². The SMILES string of the molecule is CC(C)N1C(=O)C2C3CC(C(O)C3O)C2C1=O. The molecule has 1 saturated heterocycles. The van der Waals surface area contributed by atoms with E-state index < -0.39 is 24.0 Å². The Hall–Kier alpha value is -0.940. The average molecular weight is 239 g/mol. The molecular formula is C12H17NO4. The summed E-state index contributed by atoms with van der Waals surface area (Å²) in [6.45, 7) is 3.62. The van der Waals surface area contributed by atoms with E-state index in [0.29, 0.717) is 6.42 Å². The minimum absolute atomic E-state index is 0.144. The first-order chi connectivity index (χ1) is 7.95. The molecule has 2 N–H and O–H groups in total. The Labute approximate surface area is 99.4 Å². The van der Waals surface area contributed by atoms with Gasteiger partial charge in [-0.05, 0) is 20.3 Å². The van der Waals surface area contributed by atoms with Crippen molar-refractivity contribution in [2.24, 2.45) is 23.7 Å². The Balaban J connectivity index is 1.98. The molecule has 6 unspecified atom stereocenters. The summed E-state index contributed by atoms with van der Waals surface area (Å²) >= 11 is 0. The number of aliphatic hydroxyl groups excluding tert-OH is 2. The lowest BCUT2D eigenvalue weighted by Crippen LogP contribution is -2.43. The first-order valence-electron chi connectivity index (χ1n) is 6.18. The van der Waals surface area contributed by atoms with E-state index in [1.807, 2.05) is 13.8 Å². The fraction of sp³-hybridized carbons (Fsp3) is 0.833. The summed E-state index contributed by atoms with van der Waals surface area (Å²) in [5.41, 5.74) is 0. The molecule has 3 rings (SSSR count). The zero-order valence-corrected chi connectivity index (χ0v) is 9.91. The van der Waals surface area contributed by atoms with Crippen molar-refractivity contribution in [3.05, 3.63) is 0 Å². The first-order valence-corrected chi connectivity index (χ1v) is 6.18. The molecule has 17 heavy (non-hydrogen) atoms. The highest BCUT2D eigenvalue weighted by molar-refractivity contribution is 6.06. The number of amides is 2. The zero-order chi connectivity index (χ0) is 12.5. The van der Waals surface area contributed by atoms with Crippen molar-refractivity contribution in [1.82, 2.24) is 4.90 Å². The van der Waals surface area contributed by atoms with Gasteiger partial charge in [-0.2, -0.15) is 0 Å². The number of carbonyl (C=O) groups excluding carboxylic acids is 2. The molecule has 0 radical (unpaired) electrons. The third-order valence-corrected chi connectivity index (χ3v) is 4.64. The number of imide groups is 1. The second-order valence-electron chi connectivity index (χ2n) is 5.74. The molecule has 0 aromatic heterocycles. The number of nitrogens with zero attached hydrogens (tertiary/aromatic N) is 1. The molecule has 0 aromatic carbocycles. The van der Waals surface area contributed by atoms with Crippen LogP contribution in [0.15, 0.2) is 0 Å². The van der Waals surface area contributed by atoms with E-state index in [2.05, 4.69) is 0 Å². The number of hydrogen-bond donors (Lipinski definition) is 2. The molecule has 5 nitrogen and oxygen atoms in total. The largest absolute Gasteiger partial charge is 0.390 e. The van der Waals surface area contributed by atoms with Crippen LogP contribution in [-0.4, -0.2) is 45.2 Å². The predicted molar refractivity (Wildman–Crippen MR) is 57.6 cm³/mol. The molecule has 3 aliphatic rings. The third-order valence-electron chi connectivity index (χ3n) is 4.64. The number of fused-ring (bicyclic) bond motifs is 5. The van der Waals surface area contributed by atoms with Crippen molar-refractivity contribution in [1.29, 1.82) is 0 Å². The zero-order valence-electron chi connectivity index (χ0n) is 9.91. The minimum Gasteiger partial charge on any atom is -0.390 e. The van der Waals surface area contributed by atoms with Gasteiger partial charge in [0.05, 0.1) is 24.0 Å². The van der Waals surface area contributed by atoms with E-state index in [1.54, 1.807) is 0 Å². The summed E-state index contributed by atoms with van der Waals surface area (Å²) in [5.74, 6) is -1.58. The first kappa shape index (κ1) is 11.2. The smallest absolute Gasteiger partial charge is 0.233 e. The van der Waals surface area contributed by atoms with Crippen LogP contribution in [0.2, 0.25) is 0 Å². The van der Waals surface area contributed by atoms with Crippen molar-refractivity contribution >= 4 is 11.8 Å². The van der Waals surface area contributed by atoms with E-state index in [-0.39, 0.29) is 29.7 Å². The molecule has 5 heteroatoms.